The average molecular weight is 583 g/mol. The van der Waals surface area contributed by atoms with Crippen molar-refractivity contribution in [2.75, 3.05) is 18.5 Å². The van der Waals surface area contributed by atoms with E-state index in [1.807, 2.05) is 0 Å². The number of phenolic OH excluding ortho intramolecular Hbond substituents is 1. The van der Waals surface area contributed by atoms with Gasteiger partial charge in [0, 0.05) is 33.7 Å². The van der Waals surface area contributed by atoms with Crippen molar-refractivity contribution < 1.29 is 33.3 Å². The maximum Gasteiger partial charge on any atom is 0.255 e. The number of anilines is 1. The molecule has 12 heteroatoms. The third-order valence-corrected chi connectivity index (χ3v) is 8.23. The number of aromatic hydroxyl groups is 1. The van der Waals surface area contributed by atoms with Gasteiger partial charge in [0.2, 0.25) is 0 Å². The molecular formula is C29H28F2N4O5S. The van der Waals surface area contributed by atoms with Crippen molar-refractivity contribution in [1.82, 2.24) is 14.8 Å². The van der Waals surface area contributed by atoms with Crippen LogP contribution in [-0.4, -0.2) is 54.6 Å². The number of hydrogen-bond donors (Lipinski definition) is 3. The lowest BCUT2D eigenvalue weighted by atomic mass is 9.90. The lowest BCUT2D eigenvalue weighted by molar-refractivity contribution is -0.180. The number of carbonyl (C=O) groups is 1. The average Bonchev–Trinajstić information content (AvgIpc) is 3.47. The lowest BCUT2D eigenvalue weighted by Gasteiger charge is -2.37. The van der Waals surface area contributed by atoms with Gasteiger partial charge in [0.15, 0.2) is 6.29 Å². The molecule has 41 heavy (non-hydrogen) atoms. The zero-order valence-electron chi connectivity index (χ0n) is 22.0. The Balaban J connectivity index is 1.20. The molecule has 3 aromatic carbocycles. The molecule has 1 aliphatic rings. The first kappa shape index (κ1) is 28.7. The van der Waals surface area contributed by atoms with E-state index in [2.05, 4.69) is 15.4 Å². The van der Waals surface area contributed by atoms with E-state index >= 15 is 0 Å². The summed E-state index contributed by atoms with van der Waals surface area (Å²) in [6.07, 6.45) is 2.10. The molecule has 3 N–H and O–H groups in total. The van der Waals surface area contributed by atoms with E-state index in [1.165, 1.54) is 47.3 Å². The molecule has 1 fully saturated rings. The van der Waals surface area contributed by atoms with Gasteiger partial charge in [-0.1, -0.05) is 25.1 Å². The molecule has 0 unspecified atom stereocenters. The highest BCUT2D eigenvalue weighted by molar-refractivity contribution is 8.00. The molecule has 2 atom stereocenters. The Morgan fingerprint density at radius 2 is 1.83 bits per heavy atom. The zero-order chi connectivity index (χ0) is 29.0. The van der Waals surface area contributed by atoms with Gasteiger partial charge in [-0.25, -0.2) is 18.4 Å². The number of aromatic nitrogens is 3. The first-order chi connectivity index (χ1) is 19.7. The Morgan fingerprint density at radius 1 is 1.12 bits per heavy atom. The van der Waals surface area contributed by atoms with Crippen molar-refractivity contribution in [2.24, 2.45) is 0 Å². The van der Waals surface area contributed by atoms with Crippen molar-refractivity contribution in [1.29, 1.82) is 0 Å². The van der Waals surface area contributed by atoms with Crippen LogP contribution in [0.5, 0.6) is 5.75 Å². The van der Waals surface area contributed by atoms with Crippen molar-refractivity contribution in [2.45, 2.75) is 35.9 Å². The van der Waals surface area contributed by atoms with Crippen LogP contribution in [0, 0.1) is 11.6 Å². The van der Waals surface area contributed by atoms with Gasteiger partial charge >= 0.3 is 0 Å². The molecule has 1 saturated heterocycles. The summed E-state index contributed by atoms with van der Waals surface area (Å²) in [6.45, 7) is 2.27. The number of amides is 1. The smallest absolute Gasteiger partial charge is 0.255 e. The Morgan fingerprint density at radius 3 is 2.46 bits per heavy atom. The van der Waals surface area contributed by atoms with E-state index < -0.39 is 28.8 Å². The number of benzene rings is 3. The fraction of sp³-hybridized carbons (Fsp3) is 0.276. The van der Waals surface area contributed by atoms with Crippen LogP contribution in [0.25, 0.3) is 0 Å². The second kappa shape index (κ2) is 12.4. The second-order valence-electron chi connectivity index (χ2n) is 9.66. The molecule has 4 aromatic rings. The molecule has 1 aliphatic heterocycles. The van der Waals surface area contributed by atoms with Crippen molar-refractivity contribution in [3.05, 3.63) is 108 Å². The van der Waals surface area contributed by atoms with Crippen LogP contribution in [0.1, 0.15) is 34.7 Å². The molecule has 2 heterocycles. The summed E-state index contributed by atoms with van der Waals surface area (Å²) in [5, 5.41) is 27.2. The van der Waals surface area contributed by atoms with E-state index in [1.54, 1.807) is 43.3 Å². The van der Waals surface area contributed by atoms with Gasteiger partial charge in [-0.05, 0) is 42.5 Å². The summed E-state index contributed by atoms with van der Waals surface area (Å²) in [4.78, 5) is 16.4. The van der Waals surface area contributed by atoms with E-state index in [9.17, 15) is 23.8 Å². The third kappa shape index (κ3) is 6.73. The minimum atomic E-state index is -1.73. The quantitative estimate of drug-likeness (QED) is 0.245. The second-order valence-corrected chi connectivity index (χ2v) is 11.3. The van der Waals surface area contributed by atoms with Gasteiger partial charge in [0.1, 0.15) is 35.6 Å². The molecule has 1 aromatic heterocycles. The molecule has 9 nitrogen and oxygen atoms in total. The summed E-state index contributed by atoms with van der Waals surface area (Å²) in [7, 11) is 0. The normalized spacial score (nSPS) is 19.3. The molecule has 0 bridgehead atoms. The van der Waals surface area contributed by atoms with Crippen LogP contribution in [0.3, 0.4) is 0 Å². The highest BCUT2D eigenvalue weighted by atomic mass is 32.2. The number of nitrogens with one attached hydrogen (secondary N) is 1. The van der Waals surface area contributed by atoms with E-state index in [4.69, 9.17) is 9.47 Å². The number of rotatable bonds is 9. The van der Waals surface area contributed by atoms with Crippen molar-refractivity contribution in [3.8, 4) is 5.75 Å². The third-order valence-electron chi connectivity index (χ3n) is 6.77. The van der Waals surface area contributed by atoms with Gasteiger partial charge in [-0.2, -0.15) is 5.10 Å². The summed E-state index contributed by atoms with van der Waals surface area (Å²) in [5.74, 6) is -1.77. The predicted octanol–water partition coefficient (Wildman–Crippen LogP) is 4.64. The number of carbonyl (C=O) groups excluding carboxylic acids is 1. The van der Waals surface area contributed by atoms with E-state index in [-0.39, 0.29) is 29.0 Å². The maximum atomic E-state index is 14.8. The Bertz CT molecular complexity index is 1470. The van der Waals surface area contributed by atoms with Gasteiger partial charge in [0.05, 0.1) is 25.0 Å². The van der Waals surface area contributed by atoms with Gasteiger partial charge in [-0.3, -0.25) is 4.79 Å². The number of ether oxygens (including phenoxy) is 2. The number of phenols is 1. The van der Waals surface area contributed by atoms with Crippen molar-refractivity contribution >= 4 is 23.4 Å². The van der Waals surface area contributed by atoms with Gasteiger partial charge < -0.3 is 25.0 Å². The number of nitrogens with zero attached hydrogens (tertiary/aromatic N) is 3. The Hall–Kier alpha value is -3.84. The number of thioether (sulfide) groups is 1. The molecule has 0 spiro atoms. The van der Waals surface area contributed by atoms with Crippen LogP contribution in [0.2, 0.25) is 0 Å². The topological polar surface area (TPSA) is 119 Å². The molecule has 0 saturated carbocycles. The molecule has 5 rings (SSSR count). The molecule has 1 amide bonds. The monoisotopic (exact) mass is 582 g/mol. The Kier molecular flexibility index (Phi) is 8.64. The fourth-order valence-corrected chi connectivity index (χ4v) is 5.85. The summed E-state index contributed by atoms with van der Waals surface area (Å²) in [6, 6.07) is 16.1. The van der Waals surface area contributed by atoms with Crippen LogP contribution in [-0.2, 0) is 21.6 Å². The molecule has 0 radical (unpaired) electrons. The van der Waals surface area contributed by atoms with Crippen LogP contribution < -0.4 is 5.32 Å². The number of halogens is 2. The van der Waals surface area contributed by atoms with E-state index in [0.29, 0.717) is 24.5 Å². The van der Waals surface area contributed by atoms with Crippen LogP contribution >= 0.6 is 11.8 Å². The highest BCUT2D eigenvalue weighted by Crippen LogP contribution is 2.39. The first-order valence-electron chi connectivity index (χ1n) is 12.8. The highest BCUT2D eigenvalue weighted by Gasteiger charge is 2.41. The number of aliphatic hydroxyl groups is 1. The number of hydrogen-bond acceptors (Lipinski definition) is 8. The molecule has 0 aliphatic carbocycles. The van der Waals surface area contributed by atoms with Crippen LogP contribution in [0.15, 0.2) is 79.4 Å². The van der Waals surface area contributed by atoms with Crippen LogP contribution in [0.4, 0.5) is 14.5 Å². The lowest BCUT2D eigenvalue weighted by Crippen LogP contribution is -2.43. The largest absolute Gasteiger partial charge is 0.508 e. The first-order valence-corrected chi connectivity index (χ1v) is 13.7. The standard InChI is InChI=1S/C29H28F2N4O5S/c1-18(29(38,15-35-17-32-16-33-35)25-11-6-21(30)12-26(25)31)41-24-13-39-28(40-14-24)20-4-2-19(3-5-20)27(37)34-22-7-9-23(36)10-8-22/h2-12,16-18,24,28,36,38H,13-15H2,1H3,(H,34,37)/t18-,24?,28?,29-/m1/s1. The maximum absolute atomic E-state index is 14.8. The minimum absolute atomic E-state index is 0.0422. The SMILES string of the molecule is C[C@@H](SC1COC(c2ccc(C(=O)Nc3ccc(O)cc3)cc2)OC1)[C@](O)(Cn1cncn1)c1ccc(F)cc1F. The van der Waals surface area contributed by atoms with Gasteiger partial charge in [0.25, 0.3) is 5.91 Å². The molecular weight excluding hydrogens is 554 g/mol. The zero-order valence-corrected chi connectivity index (χ0v) is 22.8. The fourth-order valence-electron chi connectivity index (χ4n) is 4.53. The summed E-state index contributed by atoms with van der Waals surface area (Å²) >= 11 is 1.37. The summed E-state index contributed by atoms with van der Waals surface area (Å²) in [5.41, 5.74) is -0.0365. The predicted molar refractivity (Wildman–Crippen MR) is 148 cm³/mol. The van der Waals surface area contributed by atoms with Crippen molar-refractivity contribution in [3.63, 3.8) is 0 Å². The van der Waals surface area contributed by atoms with E-state index in [0.717, 1.165) is 17.7 Å². The molecule has 214 valence electrons. The Labute approximate surface area is 239 Å². The van der Waals surface area contributed by atoms with Gasteiger partial charge in [-0.15, -0.1) is 11.8 Å². The summed E-state index contributed by atoms with van der Waals surface area (Å²) < 4.78 is 41.7. The minimum Gasteiger partial charge on any atom is -0.508 e.